The first-order chi connectivity index (χ1) is 7.13. The monoisotopic (exact) mass is 224 g/mol. The Balaban J connectivity index is 4.45. The van der Waals surface area contributed by atoms with Crippen LogP contribution in [0.1, 0.15) is 41.0 Å². The molecule has 0 aliphatic heterocycles. The van der Waals surface area contributed by atoms with Gasteiger partial charge in [0, 0.05) is 17.8 Å². The normalized spacial score (nSPS) is 13.8. The highest BCUT2D eigenvalue weighted by Gasteiger charge is 2.11. The first-order valence-electron chi connectivity index (χ1n) is 5.92. The van der Waals surface area contributed by atoms with Crippen LogP contribution in [0.5, 0.6) is 0 Å². The number of hydrogen-bond acceptors (Lipinski definition) is 2. The lowest BCUT2D eigenvalue weighted by Crippen LogP contribution is -2.34. The van der Waals surface area contributed by atoms with Gasteiger partial charge in [-0.1, -0.05) is 6.58 Å². The van der Waals surface area contributed by atoms with Gasteiger partial charge in [0.05, 0.1) is 0 Å². The zero-order valence-electron chi connectivity index (χ0n) is 12.1. The van der Waals surface area contributed by atoms with E-state index in [2.05, 4.69) is 65.5 Å². The van der Waals surface area contributed by atoms with Gasteiger partial charge in [0.1, 0.15) is 0 Å². The third kappa shape index (κ3) is 6.67. The van der Waals surface area contributed by atoms with E-state index < -0.39 is 0 Å². The maximum absolute atomic E-state index is 4.15. The highest BCUT2D eigenvalue weighted by molar-refractivity contribution is 5.30. The third-order valence-electron chi connectivity index (χ3n) is 2.52. The molecule has 0 spiro atoms. The summed E-state index contributed by atoms with van der Waals surface area (Å²) in [5, 5.41) is 3.49. The number of nitrogens with zero attached hydrogens (tertiary/aromatic N) is 1. The molecule has 0 rings (SSSR count). The van der Waals surface area contributed by atoms with Crippen LogP contribution in [0.25, 0.3) is 0 Å². The molecule has 0 aromatic rings. The van der Waals surface area contributed by atoms with Crippen LogP contribution in [0, 0.1) is 0 Å². The van der Waals surface area contributed by atoms with Crippen molar-refractivity contribution in [1.82, 2.24) is 10.2 Å². The van der Waals surface area contributed by atoms with Gasteiger partial charge in [-0.15, -0.1) is 0 Å². The summed E-state index contributed by atoms with van der Waals surface area (Å²) in [6.45, 7) is 16.0. The number of nitrogens with one attached hydrogen (secondary N) is 1. The second-order valence-corrected chi connectivity index (χ2v) is 5.78. The van der Waals surface area contributed by atoms with E-state index in [0.717, 1.165) is 13.0 Å². The van der Waals surface area contributed by atoms with Gasteiger partial charge in [-0.25, -0.2) is 0 Å². The average molecular weight is 224 g/mol. The number of allylic oxidation sites excluding steroid dienone is 2. The molecule has 0 unspecified atom stereocenters. The molecule has 0 fully saturated rings. The van der Waals surface area contributed by atoms with Gasteiger partial charge in [0.25, 0.3) is 0 Å². The van der Waals surface area contributed by atoms with Crippen molar-refractivity contribution in [2.24, 2.45) is 0 Å². The van der Waals surface area contributed by atoms with E-state index in [9.17, 15) is 0 Å². The van der Waals surface area contributed by atoms with Crippen LogP contribution in [0.4, 0.5) is 0 Å². The molecule has 2 heteroatoms. The van der Waals surface area contributed by atoms with Crippen LogP contribution in [0.3, 0.4) is 0 Å². The largest absolute Gasteiger partial charge is 0.384 e. The van der Waals surface area contributed by atoms with E-state index in [0.29, 0.717) is 0 Å². The quantitative estimate of drug-likeness (QED) is 0.722. The zero-order valence-corrected chi connectivity index (χ0v) is 12.1. The van der Waals surface area contributed by atoms with Crippen molar-refractivity contribution in [2.75, 3.05) is 20.6 Å². The van der Waals surface area contributed by atoms with Crippen molar-refractivity contribution >= 4 is 0 Å². The predicted octanol–water partition coefficient (Wildman–Crippen LogP) is 3.18. The smallest absolute Gasteiger partial charge is 0.0286 e. The molecule has 0 aromatic heterocycles. The molecule has 16 heavy (non-hydrogen) atoms. The van der Waals surface area contributed by atoms with Gasteiger partial charge >= 0.3 is 0 Å². The zero-order chi connectivity index (χ0) is 12.9. The summed E-state index contributed by atoms with van der Waals surface area (Å²) in [5.41, 5.74) is 3.86. The SMILES string of the molecule is C=C(CCN(C)C)/C(C)=C(/C)NC(C)(C)C. The minimum atomic E-state index is 0.118. The van der Waals surface area contributed by atoms with Crippen molar-refractivity contribution in [1.29, 1.82) is 0 Å². The fourth-order valence-corrected chi connectivity index (χ4v) is 1.47. The Morgan fingerprint density at radius 3 is 2.06 bits per heavy atom. The lowest BCUT2D eigenvalue weighted by Gasteiger charge is -2.25. The second-order valence-electron chi connectivity index (χ2n) is 5.78. The minimum absolute atomic E-state index is 0.118. The molecule has 0 aromatic carbocycles. The van der Waals surface area contributed by atoms with Gasteiger partial charge in [-0.2, -0.15) is 0 Å². The van der Waals surface area contributed by atoms with E-state index in [1.807, 2.05) is 0 Å². The Morgan fingerprint density at radius 1 is 1.19 bits per heavy atom. The first kappa shape index (κ1) is 15.2. The Kier molecular flexibility index (Phi) is 5.80. The third-order valence-corrected chi connectivity index (χ3v) is 2.52. The average Bonchev–Trinajstić information content (AvgIpc) is 2.10. The standard InChI is InChI=1S/C14H28N2/c1-11(9-10-16(7)8)12(2)13(3)15-14(4,5)6/h15H,1,9-10H2,2-8H3/b13-12-. The predicted molar refractivity (Wildman–Crippen MR) is 73.6 cm³/mol. The molecular weight excluding hydrogens is 196 g/mol. The summed E-state index contributed by atoms with van der Waals surface area (Å²) >= 11 is 0. The molecule has 94 valence electrons. The fourth-order valence-electron chi connectivity index (χ4n) is 1.47. The molecule has 0 saturated carbocycles. The van der Waals surface area contributed by atoms with Crippen LogP contribution in [0.2, 0.25) is 0 Å². The molecule has 0 bridgehead atoms. The summed E-state index contributed by atoms with van der Waals surface area (Å²) < 4.78 is 0. The molecule has 0 atom stereocenters. The van der Waals surface area contributed by atoms with E-state index in [1.165, 1.54) is 16.8 Å². The molecule has 0 aliphatic rings. The molecule has 0 amide bonds. The van der Waals surface area contributed by atoms with Crippen molar-refractivity contribution in [3.63, 3.8) is 0 Å². The van der Waals surface area contributed by atoms with Crippen molar-refractivity contribution in [3.8, 4) is 0 Å². The van der Waals surface area contributed by atoms with Gasteiger partial charge in [-0.3, -0.25) is 0 Å². The summed E-state index contributed by atoms with van der Waals surface area (Å²) in [6.07, 6.45) is 1.03. The molecule has 0 saturated heterocycles. The van der Waals surface area contributed by atoms with Crippen LogP contribution in [-0.2, 0) is 0 Å². The highest BCUT2D eigenvalue weighted by atomic mass is 15.0. The summed E-state index contributed by atoms with van der Waals surface area (Å²) in [4.78, 5) is 2.19. The summed E-state index contributed by atoms with van der Waals surface area (Å²) in [5.74, 6) is 0. The lowest BCUT2D eigenvalue weighted by molar-refractivity contribution is 0.413. The molecule has 0 radical (unpaired) electrons. The number of rotatable bonds is 5. The Bertz CT molecular complexity index is 267. The Labute approximate surface area is 101 Å². The molecule has 0 aliphatic carbocycles. The highest BCUT2D eigenvalue weighted by Crippen LogP contribution is 2.16. The second kappa shape index (κ2) is 6.09. The molecule has 0 heterocycles. The molecular formula is C14H28N2. The van der Waals surface area contributed by atoms with E-state index in [1.54, 1.807) is 0 Å². The lowest BCUT2D eigenvalue weighted by atomic mass is 10.0. The number of hydrogen-bond donors (Lipinski definition) is 1. The van der Waals surface area contributed by atoms with Gasteiger partial charge in [0.2, 0.25) is 0 Å². The van der Waals surface area contributed by atoms with Gasteiger partial charge in [0.15, 0.2) is 0 Å². The van der Waals surface area contributed by atoms with Crippen LogP contribution < -0.4 is 5.32 Å². The molecule has 2 nitrogen and oxygen atoms in total. The van der Waals surface area contributed by atoms with Crippen LogP contribution >= 0.6 is 0 Å². The van der Waals surface area contributed by atoms with E-state index >= 15 is 0 Å². The summed E-state index contributed by atoms with van der Waals surface area (Å²) in [6, 6.07) is 0. The van der Waals surface area contributed by atoms with Gasteiger partial charge in [-0.05, 0) is 66.3 Å². The van der Waals surface area contributed by atoms with Gasteiger partial charge < -0.3 is 10.2 Å². The summed E-state index contributed by atoms with van der Waals surface area (Å²) in [7, 11) is 4.18. The Hall–Kier alpha value is -0.760. The first-order valence-corrected chi connectivity index (χ1v) is 5.92. The minimum Gasteiger partial charge on any atom is -0.384 e. The van der Waals surface area contributed by atoms with Crippen LogP contribution in [-0.4, -0.2) is 31.1 Å². The topological polar surface area (TPSA) is 15.3 Å². The van der Waals surface area contributed by atoms with Crippen LogP contribution in [0.15, 0.2) is 23.4 Å². The van der Waals surface area contributed by atoms with Crippen molar-refractivity contribution < 1.29 is 0 Å². The van der Waals surface area contributed by atoms with E-state index in [-0.39, 0.29) is 5.54 Å². The maximum atomic E-state index is 4.15. The maximum Gasteiger partial charge on any atom is 0.0286 e. The van der Waals surface area contributed by atoms with Crippen molar-refractivity contribution in [2.45, 2.75) is 46.6 Å². The molecule has 1 N–H and O–H groups in total. The Morgan fingerprint density at radius 2 is 1.69 bits per heavy atom. The van der Waals surface area contributed by atoms with Crippen molar-refractivity contribution in [3.05, 3.63) is 23.4 Å². The fraction of sp³-hybridized carbons (Fsp3) is 0.714. The van der Waals surface area contributed by atoms with E-state index in [4.69, 9.17) is 0 Å².